The van der Waals surface area contributed by atoms with E-state index in [0.717, 1.165) is 11.3 Å². The van der Waals surface area contributed by atoms with Gasteiger partial charge in [-0.3, -0.25) is 0 Å². The van der Waals surface area contributed by atoms with Gasteiger partial charge in [0, 0.05) is 4.90 Å². The van der Waals surface area contributed by atoms with Crippen LogP contribution < -0.4 is 0 Å². The first-order valence-corrected chi connectivity index (χ1v) is 7.07. The fourth-order valence-corrected chi connectivity index (χ4v) is 2.06. The number of benzene rings is 2. The van der Waals surface area contributed by atoms with Gasteiger partial charge < -0.3 is 0 Å². The van der Waals surface area contributed by atoms with Crippen molar-refractivity contribution < 1.29 is 0 Å². The predicted molar refractivity (Wildman–Crippen MR) is 91.3 cm³/mol. The van der Waals surface area contributed by atoms with Gasteiger partial charge in [-0.1, -0.05) is 73.4 Å². The van der Waals surface area contributed by atoms with Crippen molar-refractivity contribution in [2.24, 2.45) is 0 Å². The summed E-state index contributed by atoms with van der Waals surface area (Å²) >= 11 is 4.30. The summed E-state index contributed by atoms with van der Waals surface area (Å²) in [6.45, 7) is 3.63. The van der Waals surface area contributed by atoms with Gasteiger partial charge in [-0.05, 0) is 35.2 Å². The van der Waals surface area contributed by atoms with E-state index in [4.69, 9.17) is 0 Å². The van der Waals surface area contributed by atoms with Gasteiger partial charge in [0.1, 0.15) is 0 Å². The van der Waals surface area contributed by atoms with Crippen LogP contribution >= 0.6 is 12.6 Å². The first-order chi connectivity index (χ1) is 9.79. The second-order valence-electron chi connectivity index (χ2n) is 4.50. The third-order valence-electron chi connectivity index (χ3n) is 3.00. The van der Waals surface area contributed by atoms with Crippen molar-refractivity contribution in [1.82, 2.24) is 0 Å². The van der Waals surface area contributed by atoms with Crippen molar-refractivity contribution in [2.45, 2.75) is 11.3 Å². The van der Waals surface area contributed by atoms with Crippen LogP contribution in [0.5, 0.6) is 0 Å². The molecule has 0 aliphatic heterocycles. The molecule has 0 saturated carbocycles. The summed E-state index contributed by atoms with van der Waals surface area (Å²) in [6.07, 6.45) is 10.8. The summed E-state index contributed by atoms with van der Waals surface area (Å²) in [5.74, 6) is 0. The van der Waals surface area contributed by atoms with Crippen molar-refractivity contribution in [1.29, 1.82) is 0 Å². The van der Waals surface area contributed by atoms with E-state index in [9.17, 15) is 0 Å². The highest BCUT2D eigenvalue weighted by atomic mass is 32.1. The summed E-state index contributed by atoms with van der Waals surface area (Å²) in [6, 6.07) is 16.9. The summed E-state index contributed by atoms with van der Waals surface area (Å²) in [4.78, 5) is 0.989. The van der Waals surface area contributed by atoms with E-state index < -0.39 is 0 Å². The Morgan fingerprint density at radius 2 is 1.40 bits per heavy atom. The number of thiol groups is 1. The molecule has 0 radical (unpaired) electrons. The third kappa shape index (κ3) is 4.29. The van der Waals surface area contributed by atoms with Gasteiger partial charge in [0.25, 0.3) is 0 Å². The minimum Gasteiger partial charge on any atom is -0.143 e. The van der Waals surface area contributed by atoms with Crippen LogP contribution in [0.1, 0.15) is 5.56 Å². The SMILES string of the molecule is C=C/C=C\C=C/Cc1ccc(-c2ccc(S)cc2)cc1. The maximum absolute atomic E-state index is 4.30. The molecule has 0 N–H and O–H groups in total. The predicted octanol–water partition coefficient (Wildman–Crippen LogP) is 5.48. The Labute approximate surface area is 126 Å². The Balaban J connectivity index is 2.02. The lowest BCUT2D eigenvalue weighted by atomic mass is 10.0. The third-order valence-corrected chi connectivity index (χ3v) is 3.30. The Hall–Kier alpha value is -1.99. The number of hydrogen-bond donors (Lipinski definition) is 1. The molecule has 0 aliphatic carbocycles. The van der Waals surface area contributed by atoms with Gasteiger partial charge in [-0.2, -0.15) is 0 Å². The van der Waals surface area contributed by atoms with Crippen LogP contribution in [0.4, 0.5) is 0 Å². The smallest absolute Gasteiger partial charge is 0.00404 e. The minimum absolute atomic E-state index is 0.942. The van der Waals surface area contributed by atoms with Crippen LogP contribution in [0.25, 0.3) is 11.1 Å². The first-order valence-electron chi connectivity index (χ1n) is 6.62. The molecule has 0 spiro atoms. The second kappa shape index (κ2) is 7.56. The van der Waals surface area contributed by atoms with E-state index >= 15 is 0 Å². The van der Waals surface area contributed by atoms with Crippen LogP contribution in [-0.2, 0) is 6.42 Å². The molecule has 0 atom stereocenters. The summed E-state index contributed by atoms with van der Waals surface area (Å²) in [5, 5.41) is 0. The van der Waals surface area contributed by atoms with Gasteiger partial charge in [0.15, 0.2) is 0 Å². The molecule has 20 heavy (non-hydrogen) atoms. The zero-order chi connectivity index (χ0) is 14.2. The van der Waals surface area contributed by atoms with Crippen LogP contribution in [0.15, 0.2) is 90.4 Å². The zero-order valence-electron chi connectivity index (χ0n) is 11.4. The fourth-order valence-electron chi connectivity index (χ4n) is 1.91. The normalized spacial score (nSPS) is 11.2. The molecule has 0 nitrogen and oxygen atoms in total. The number of hydrogen-bond acceptors (Lipinski definition) is 1. The minimum atomic E-state index is 0.942. The van der Waals surface area contributed by atoms with Crippen LogP contribution in [-0.4, -0.2) is 0 Å². The zero-order valence-corrected chi connectivity index (χ0v) is 12.3. The maximum Gasteiger partial charge on any atom is 0.00404 e. The van der Waals surface area contributed by atoms with Crippen molar-refractivity contribution in [3.05, 3.63) is 91.1 Å². The molecule has 0 heterocycles. The molecule has 1 heteroatoms. The lowest BCUT2D eigenvalue weighted by Gasteiger charge is -2.03. The van der Waals surface area contributed by atoms with E-state index in [1.54, 1.807) is 6.08 Å². The topological polar surface area (TPSA) is 0 Å². The summed E-state index contributed by atoms with van der Waals surface area (Å²) < 4.78 is 0. The highest BCUT2D eigenvalue weighted by Crippen LogP contribution is 2.21. The molecular formula is C19H18S. The summed E-state index contributed by atoms with van der Waals surface area (Å²) in [5.41, 5.74) is 3.76. The first kappa shape index (κ1) is 14.4. The van der Waals surface area contributed by atoms with Crippen molar-refractivity contribution >= 4 is 12.6 Å². The van der Waals surface area contributed by atoms with E-state index in [-0.39, 0.29) is 0 Å². The van der Waals surface area contributed by atoms with Crippen LogP contribution in [0, 0.1) is 0 Å². The molecule has 0 aliphatic rings. The van der Waals surface area contributed by atoms with Crippen LogP contribution in [0.3, 0.4) is 0 Å². The van der Waals surface area contributed by atoms with Crippen molar-refractivity contribution in [3.8, 4) is 11.1 Å². The quantitative estimate of drug-likeness (QED) is 0.543. The van der Waals surface area contributed by atoms with Gasteiger partial charge in [0.2, 0.25) is 0 Å². The van der Waals surface area contributed by atoms with Gasteiger partial charge in [-0.15, -0.1) is 12.6 Å². The Morgan fingerprint density at radius 3 is 2.00 bits per heavy atom. The fraction of sp³-hybridized carbons (Fsp3) is 0.0526. The molecule has 0 amide bonds. The monoisotopic (exact) mass is 278 g/mol. The number of rotatable bonds is 5. The molecular weight excluding hydrogens is 260 g/mol. The highest BCUT2D eigenvalue weighted by Gasteiger charge is 1.97. The molecule has 0 saturated heterocycles. The highest BCUT2D eigenvalue weighted by molar-refractivity contribution is 7.80. The standard InChI is InChI=1S/C19H18S/c1-2-3-4-5-6-7-16-8-10-17(11-9-16)18-12-14-19(20)15-13-18/h2-6,8-15,20H,1,7H2/b4-3-,6-5-. The molecule has 0 bridgehead atoms. The average Bonchev–Trinajstić information content (AvgIpc) is 2.49. The molecule has 0 unspecified atom stereocenters. The second-order valence-corrected chi connectivity index (χ2v) is 5.01. The summed E-state index contributed by atoms with van der Waals surface area (Å²) in [7, 11) is 0. The van der Waals surface area contributed by atoms with E-state index in [1.165, 1.54) is 16.7 Å². The van der Waals surface area contributed by atoms with Crippen LogP contribution in [0.2, 0.25) is 0 Å². The van der Waals surface area contributed by atoms with Crippen molar-refractivity contribution in [3.63, 3.8) is 0 Å². The lowest BCUT2D eigenvalue weighted by Crippen LogP contribution is -1.82. The molecule has 2 aromatic rings. The molecule has 0 fully saturated rings. The maximum atomic E-state index is 4.30. The largest absolute Gasteiger partial charge is 0.143 e. The molecule has 100 valence electrons. The van der Waals surface area contributed by atoms with E-state index in [0.29, 0.717) is 0 Å². The average molecular weight is 278 g/mol. The van der Waals surface area contributed by atoms with Gasteiger partial charge in [-0.25, -0.2) is 0 Å². The van der Waals surface area contributed by atoms with Crippen molar-refractivity contribution in [2.75, 3.05) is 0 Å². The molecule has 2 rings (SSSR count). The Morgan fingerprint density at radius 1 is 0.800 bits per heavy atom. The van der Waals surface area contributed by atoms with Gasteiger partial charge in [0.05, 0.1) is 0 Å². The Bertz CT molecular complexity index is 601. The van der Waals surface area contributed by atoms with Gasteiger partial charge >= 0.3 is 0 Å². The molecule has 2 aromatic carbocycles. The number of allylic oxidation sites excluding steroid dienone is 5. The molecule has 0 aromatic heterocycles. The Kier molecular flexibility index (Phi) is 5.45. The van der Waals surface area contributed by atoms with E-state index in [1.807, 2.05) is 30.4 Å². The lowest BCUT2D eigenvalue weighted by molar-refractivity contribution is 1.27. The van der Waals surface area contributed by atoms with E-state index in [2.05, 4.69) is 61.7 Å².